The van der Waals surface area contributed by atoms with Crippen LogP contribution < -0.4 is 5.56 Å². The van der Waals surface area contributed by atoms with Crippen LogP contribution in [0.4, 0.5) is 0 Å². The van der Waals surface area contributed by atoms with Gasteiger partial charge in [-0.1, -0.05) is 0 Å². The number of carbonyl (C=O) groups is 1. The number of nitrogens with one attached hydrogen (secondary N) is 1. The molecule has 1 N–H and O–H groups in total. The number of nitrogens with zero attached hydrogens (tertiary/aromatic N) is 2. The van der Waals surface area contributed by atoms with E-state index in [2.05, 4.69) is 4.98 Å². The lowest BCUT2D eigenvalue weighted by Crippen LogP contribution is -2.33. The molecule has 0 aliphatic rings. The van der Waals surface area contributed by atoms with E-state index in [1.165, 1.54) is 12.3 Å². The van der Waals surface area contributed by atoms with Crippen molar-refractivity contribution in [3.05, 3.63) is 27.4 Å². The van der Waals surface area contributed by atoms with Gasteiger partial charge in [0.05, 0.1) is 0 Å². The van der Waals surface area contributed by atoms with E-state index >= 15 is 0 Å². The number of aromatic nitrogens is 2. The van der Waals surface area contributed by atoms with Crippen molar-refractivity contribution in [2.24, 2.45) is 0 Å². The summed E-state index contributed by atoms with van der Waals surface area (Å²) >= 11 is 4.95. The molecule has 16 heavy (non-hydrogen) atoms. The highest BCUT2D eigenvalue weighted by atomic mass is 32.1. The van der Waals surface area contributed by atoms with Gasteiger partial charge in [0.25, 0.3) is 5.56 Å². The second-order valence-corrected chi connectivity index (χ2v) is 3.69. The molecular weight excluding hydrogens is 226 g/mol. The van der Waals surface area contributed by atoms with Crippen LogP contribution >= 0.6 is 12.2 Å². The number of aromatic amines is 1. The summed E-state index contributed by atoms with van der Waals surface area (Å²) in [7, 11) is 0. The van der Waals surface area contributed by atoms with Crippen molar-refractivity contribution in [3.63, 3.8) is 0 Å². The van der Waals surface area contributed by atoms with Crippen LogP contribution in [0.15, 0.2) is 17.1 Å². The number of hydrogen-bond acceptors (Lipinski definition) is 3. The van der Waals surface area contributed by atoms with Crippen LogP contribution in [-0.2, 0) is 11.3 Å². The van der Waals surface area contributed by atoms with Crippen LogP contribution in [0.25, 0.3) is 0 Å². The van der Waals surface area contributed by atoms with Crippen LogP contribution in [0, 0.1) is 4.77 Å². The van der Waals surface area contributed by atoms with Crippen molar-refractivity contribution in [1.82, 2.24) is 14.5 Å². The Hall–Kier alpha value is -1.43. The standard InChI is InChI=1S/C10H15N3O2S/c1-3-12(4-2)9(15)7-13-6-5-8(14)11-10(13)16/h5-6H,3-4,7H2,1-2H3,(H,11,14,16). The Bertz CT molecular complexity index is 473. The predicted octanol–water partition coefficient (Wildman–Crippen LogP) is 0.774. The average molecular weight is 241 g/mol. The van der Waals surface area contributed by atoms with Crippen molar-refractivity contribution < 1.29 is 4.79 Å². The van der Waals surface area contributed by atoms with E-state index in [1.807, 2.05) is 13.8 Å². The monoisotopic (exact) mass is 241 g/mol. The molecule has 0 bridgehead atoms. The summed E-state index contributed by atoms with van der Waals surface area (Å²) in [6.07, 6.45) is 1.53. The van der Waals surface area contributed by atoms with Crippen LogP contribution in [-0.4, -0.2) is 33.4 Å². The van der Waals surface area contributed by atoms with Crippen LogP contribution in [0.3, 0.4) is 0 Å². The van der Waals surface area contributed by atoms with Gasteiger partial charge < -0.3 is 9.47 Å². The van der Waals surface area contributed by atoms with E-state index < -0.39 is 0 Å². The fraction of sp³-hybridized carbons (Fsp3) is 0.500. The molecule has 1 aromatic heterocycles. The first-order valence-corrected chi connectivity index (χ1v) is 5.56. The quantitative estimate of drug-likeness (QED) is 0.792. The van der Waals surface area contributed by atoms with Crippen molar-refractivity contribution in [3.8, 4) is 0 Å². The zero-order chi connectivity index (χ0) is 12.1. The lowest BCUT2D eigenvalue weighted by atomic mass is 10.4. The molecule has 0 saturated heterocycles. The van der Waals surface area contributed by atoms with Gasteiger partial charge in [-0.2, -0.15) is 0 Å². The lowest BCUT2D eigenvalue weighted by molar-refractivity contribution is -0.131. The fourth-order valence-electron chi connectivity index (χ4n) is 1.39. The topological polar surface area (TPSA) is 58.1 Å². The van der Waals surface area contributed by atoms with E-state index in [-0.39, 0.29) is 22.8 Å². The maximum atomic E-state index is 11.8. The first-order chi connectivity index (χ1) is 7.58. The fourth-order valence-corrected chi connectivity index (χ4v) is 1.62. The third-order valence-electron chi connectivity index (χ3n) is 2.32. The van der Waals surface area contributed by atoms with Crippen molar-refractivity contribution in [1.29, 1.82) is 0 Å². The molecule has 0 radical (unpaired) electrons. The Morgan fingerprint density at radius 3 is 2.62 bits per heavy atom. The third-order valence-corrected chi connectivity index (χ3v) is 2.66. The number of amides is 1. The van der Waals surface area contributed by atoms with Gasteiger partial charge in [0, 0.05) is 25.4 Å². The number of likely N-dealkylation sites (N-methyl/N-ethyl adjacent to an activating group) is 1. The SMILES string of the molecule is CCN(CC)C(=O)Cn1ccc(=O)[nH]c1=S. The molecule has 0 atom stereocenters. The molecule has 6 heteroatoms. The lowest BCUT2D eigenvalue weighted by Gasteiger charge is -2.19. The second-order valence-electron chi connectivity index (χ2n) is 3.30. The number of H-pyrrole nitrogens is 1. The number of carbonyl (C=O) groups excluding carboxylic acids is 1. The Morgan fingerprint density at radius 2 is 2.12 bits per heavy atom. The van der Waals surface area contributed by atoms with Gasteiger partial charge in [0.2, 0.25) is 5.91 Å². The molecule has 0 fully saturated rings. The van der Waals surface area contributed by atoms with Crippen molar-refractivity contribution >= 4 is 18.1 Å². The molecular formula is C10H15N3O2S. The second kappa shape index (κ2) is 5.60. The Kier molecular flexibility index (Phi) is 4.42. The summed E-state index contributed by atoms with van der Waals surface area (Å²) in [4.78, 5) is 26.9. The minimum atomic E-state index is -0.253. The first kappa shape index (κ1) is 12.6. The number of hydrogen-bond donors (Lipinski definition) is 1. The van der Waals surface area contributed by atoms with E-state index in [0.29, 0.717) is 13.1 Å². The van der Waals surface area contributed by atoms with Crippen LogP contribution in [0.1, 0.15) is 13.8 Å². The Morgan fingerprint density at radius 1 is 1.50 bits per heavy atom. The van der Waals surface area contributed by atoms with E-state index in [9.17, 15) is 9.59 Å². The molecule has 1 amide bonds. The predicted molar refractivity (Wildman–Crippen MR) is 63.8 cm³/mol. The Labute approximate surface area is 98.7 Å². The summed E-state index contributed by atoms with van der Waals surface area (Å²) in [5, 5.41) is 0. The smallest absolute Gasteiger partial charge is 0.251 e. The van der Waals surface area contributed by atoms with E-state index in [4.69, 9.17) is 12.2 Å². The summed E-state index contributed by atoms with van der Waals surface area (Å²) in [6, 6.07) is 1.35. The van der Waals surface area contributed by atoms with Crippen LogP contribution in [0.5, 0.6) is 0 Å². The van der Waals surface area contributed by atoms with Crippen molar-refractivity contribution in [2.45, 2.75) is 20.4 Å². The Balaban J connectivity index is 2.85. The maximum Gasteiger partial charge on any atom is 0.251 e. The molecule has 0 spiro atoms. The normalized spacial score (nSPS) is 10.1. The molecule has 0 aliphatic carbocycles. The molecule has 5 nitrogen and oxygen atoms in total. The highest BCUT2D eigenvalue weighted by Gasteiger charge is 2.09. The third kappa shape index (κ3) is 3.03. The molecule has 0 unspecified atom stereocenters. The molecule has 88 valence electrons. The van der Waals surface area contributed by atoms with Gasteiger partial charge in [0.1, 0.15) is 6.54 Å². The molecule has 1 aromatic rings. The highest BCUT2D eigenvalue weighted by Crippen LogP contribution is 1.94. The van der Waals surface area contributed by atoms with E-state index in [1.54, 1.807) is 9.47 Å². The zero-order valence-electron chi connectivity index (χ0n) is 9.40. The first-order valence-electron chi connectivity index (χ1n) is 5.16. The van der Waals surface area contributed by atoms with Crippen LogP contribution in [0.2, 0.25) is 0 Å². The molecule has 0 aliphatic heterocycles. The zero-order valence-corrected chi connectivity index (χ0v) is 10.2. The summed E-state index contributed by atoms with van der Waals surface area (Å²) in [5.41, 5.74) is -0.253. The van der Waals surface area contributed by atoms with Gasteiger partial charge in [-0.05, 0) is 26.1 Å². The largest absolute Gasteiger partial charge is 0.342 e. The van der Waals surface area contributed by atoms with Gasteiger partial charge in [-0.15, -0.1) is 0 Å². The summed E-state index contributed by atoms with van der Waals surface area (Å²) in [5.74, 6) is -0.00634. The van der Waals surface area contributed by atoms with Gasteiger partial charge in [0.15, 0.2) is 4.77 Å². The summed E-state index contributed by atoms with van der Waals surface area (Å²) in [6.45, 7) is 5.36. The minimum Gasteiger partial charge on any atom is -0.342 e. The molecule has 1 heterocycles. The van der Waals surface area contributed by atoms with E-state index in [0.717, 1.165) is 0 Å². The maximum absolute atomic E-state index is 11.8. The molecule has 1 rings (SSSR count). The van der Waals surface area contributed by atoms with Gasteiger partial charge in [-0.25, -0.2) is 0 Å². The highest BCUT2D eigenvalue weighted by molar-refractivity contribution is 7.71. The minimum absolute atomic E-state index is 0.00634. The summed E-state index contributed by atoms with van der Waals surface area (Å²) < 4.78 is 1.82. The van der Waals surface area contributed by atoms with Gasteiger partial charge in [-0.3, -0.25) is 14.6 Å². The average Bonchev–Trinajstić information content (AvgIpc) is 2.24. The molecule has 0 aromatic carbocycles. The number of rotatable bonds is 4. The molecule has 0 saturated carbocycles. The van der Waals surface area contributed by atoms with Gasteiger partial charge >= 0.3 is 0 Å². The van der Waals surface area contributed by atoms with Crippen molar-refractivity contribution in [2.75, 3.05) is 13.1 Å².